The molecule has 5 nitrogen and oxygen atoms in total. The van der Waals surface area contributed by atoms with Gasteiger partial charge in [0.1, 0.15) is 6.54 Å². The lowest BCUT2D eigenvalue weighted by Crippen LogP contribution is -2.24. The maximum atomic E-state index is 10.6. The fourth-order valence-electron chi connectivity index (χ4n) is 1.36. The predicted octanol–water partition coefficient (Wildman–Crippen LogP) is 1.93. The summed E-state index contributed by atoms with van der Waals surface area (Å²) in [5.41, 5.74) is 1.65. The van der Waals surface area contributed by atoms with E-state index in [9.17, 15) is 4.79 Å². The van der Waals surface area contributed by atoms with E-state index in [2.05, 4.69) is 10.3 Å². The van der Waals surface area contributed by atoms with E-state index in [-0.39, 0.29) is 6.54 Å². The van der Waals surface area contributed by atoms with Gasteiger partial charge in [0.15, 0.2) is 0 Å². The minimum absolute atomic E-state index is 0.192. The van der Waals surface area contributed by atoms with Crippen LogP contribution in [0.25, 0.3) is 6.08 Å². The molecular formula is C10H9N3O2. The molecule has 0 saturated heterocycles. The van der Waals surface area contributed by atoms with Gasteiger partial charge in [-0.25, -0.2) is 5.01 Å². The van der Waals surface area contributed by atoms with Crippen LogP contribution >= 0.6 is 0 Å². The highest BCUT2D eigenvalue weighted by atomic mass is 16.4. The molecule has 0 radical (unpaired) electrons. The Bertz CT molecular complexity index is 440. The predicted molar refractivity (Wildman–Crippen MR) is 55.3 cm³/mol. The number of aliphatic carboxylic acids is 1. The van der Waals surface area contributed by atoms with E-state index in [0.29, 0.717) is 0 Å². The van der Waals surface area contributed by atoms with Gasteiger partial charge in [-0.2, -0.15) is 0 Å². The highest BCUT2D eigenvalue weighted by molar-refractivity contribution is 5.76. The Kier molecular flexibility index (Phi) is 2.45. The van der Waals surface area contributed by atoms with Crippen LogP contribution in [0.3, 0.4) is 0 Å². The second-order valence-corrected chi connectivity index (χ2v) is 3.03. The topological polar surface area (TPSA) is 65.3 Å². The molecule has 1 aromatic carbocycles. The molecule has 0 saturated carbocycles. The highest BCUT2D eigenvalue weighted by Gasteiger charge is 2.13. The summed E-state index contributed by atoms with van der Waals surface area (Å²) in [5.74, 6) is -0.939. The molecule has 1 heterocycles. The van der Waals surface area contributed by atoms with Crippen LogP contribution in [0.2, 0.25) is 0 Å². The first kappa shape index (κ1) is 9.39. The smallest absolute Gasteiger partial charge is 0.325 e. The Morgan fingerprint density at radius 1 is 1.40 bits per heavy atom. The average Bonchev–Trinajstić information content (AvgIpc) is 2.41. The number of benzene rings is 1. The van der Waals surface area contributed by atoms with Gasteiger partial charge >= 0.3 is 5.97 Å². The van der Waals surface area contributed by atoms with Crippen LogP contribution in [-0.2, 0) is 4.79 Å². The van der Waals surface area contributed by atoms with Crippen LogP contribution < -0.4 is 5.01 Å². The summed E-state index contributed by atoms with van der Waals surface area (Å²) in [4.78, 5) is 10.6. The molecule has 76 valence electrons. The minimum Gasteiger partial charge on any atom is -0.480 e. The largest absolute Gasteiger partial charge is 0.480 e. The van der Waals surface area contributed by atoms with Crippen molar-refractivity contribution in [1.82, 2.24) is 0 Å². The first-order valence-electron chi connectivity index (χ1n) is 4.43. The van der Waals surface area contributed by atoms with Crippen LogP contribution in [-0.4, -0.2) is 17.6 Å². The van der Waals surface area contributed by atoms with Gasteiger partial charge in [-0.1, -0.05) is 23.4 Å². The normalized spacial score (nSPS) is 13.5. The fourth-order valence-corrected chi connectivity index (χ4v) is 1.36. The van der Waals surface area contributed by atoms with Gasteiger partial charge in [0.25, 0.3) is 0 Å². The Morgan fingerprint density at radius 3 is 3.00 bits per heavy atom. The van der Waals surface area contributed by atoms with Crippen molar-refractivity contribution in [1.29, 1.82) is 0 Å². The molecule has 0 atom stereocenters. The first-order chi connectivity index (χ1) is 7.27. The third kappa shape index (κ3) is 2.01. The van der Waals surface area contributed by atoms with Gasteiger partial charge in [0.05, 0.1) is 11.9 Å². The molecule has 0 aliphatic carbocycles. The number of fused-ring (bicyclic) bond motifs is 1. The van der Waals surface area contributed by atoms with E-state index < -0.39 is 5.97 Å². The summed E-state index contributed by atoms with van der Waals surface area (Å²) >= 11 is 0. The summed E-state index contributed by atoms with van der Waals surface area (Å²) in [6, 6.07) is 7.42. The van der Waals surface area contributed by atoms with Crippen molar-refractivity contribution in [2.75, 3.05) is 11.6 Å². The van der Waals surface area contributed by atoms with Crippen molar-refractivity contribution < 1.29 is 9.90 Å². The van der Waals surface area contributed by atoms with Crippen LogP contribution in [0.4, 0.5) is 5.69 Å². The molecule has 1 aromatic rings. The summed E-state index contributed by atoms with van der Waals surface area (Å²) in [6.45, 7) is -0.192. The standard InChI is InChI=1S/C10H9N3O2/c14-10(15)7-13-9-4-2-1-3-8(9)5-6-11-12-13/h1-6H,7H2,(H,14,15). The first-order valence-corrected chi connectivity index (χ1v) is 4.43. The van der Waals surface area contributed by atoms with Gasteiger partial charge in [-0.05, 0) is 12.1 Å². The molecule has 1 N–H and O–H groups in total. The van der Waals surface area contributed by atoms with Crippen molar-refractivity contribution in [3.05, 3.63) is 36.0 Å². The van der Waals surface area contributed by atoms with E-state index in [1.807, 2.05) is 24.3 Å². The van der Waals surface area contributed by atoms with E-state index in [1.165, 1.54) is 5.01 Å². The molecule has 0 amide bonds. The number of carbonyl (C=O) groups is 1. The van der Waals surface area contributed by atoms with Crippen molar-refractivity contribution >= 4 is 17.7 Å². The van der Waals surface area contributed by atoms with Crippen LogP contribution in [0.1, 0.15) is 5.56 Å². The number of nitrogens with zero attached hydrogens (tertiary/aromatic N) is 3. The van der Waals surface area contributed by atoms with Crippen LogP contribution in [0.15, 0.2) is 40.8 Å². The lowest BCUT2D eigenvalue weighted by Gasteiger charge is -2.15. The molecule has 15 heavy (non-hydrogen) atoms. The molecule has 2 rings (SSSR count). The molecule has 0 unspecified atom stereocenters. The quantitative estimate of drug-likeness (QED) is 0.798. The number of carboxylic acids is 1. The monoisotopic (exact) mass is 203 g/mol. The molecule has 0 bridgehead atoms. The summed E-state index contributed by atoms with van der Waals surface area (Å²) in [5, 5.41) is 17.6. The molecule has 0 spiro atoms. The highest BCUT2D eigenvalue weighted by Crippen LogP contribution is 2.24. The Hall–Kier alpha value is -2.17. The van der Waals surface area contributed by atoms with Crippen molar-refractivity contribution in [3.63, 3.8) is 0 Å². The number of hydrogen-bond acceptors (Lipinski definition) is 4. The van der Waals surface area contributed by atoms with E-state index >= 15 is 0 Å². The Labute approximate surface area is 86.3 Å². The zero-order chi connectivity index (χ0) is 10.7. The lowest BCUT2D eigenvalue weighted by atomic mass is 10.1. The van der Waals surface area contributed by atoms with Crippen LogP contribution in [0.5, 0.6) is 0 Å². The number of rotatable bonds is 2. The fraction of sp³-hybridized carbons (Fsp3) is 0.100. The second kappa shape index (κ2) is 3.91. The van der Waals surface area contributed by atoms with E-state index in [1.54, 1.807) is 12.3 Å². The van der Waals surface area contributed by atoms with Gasteiger partial charge < -0.3 is 5.11 Å². The van der Waals surface area contributed by atoms with E-state index in [4.69, 9.17) is 5.11 Å². The zero-order valence-corrected chi connectivity index (χ0v) is 7.87. The van der Waals surface area contributed by atoms with Gasteiger partial charge in [-0.3, -0.25) is 4.79 Å². The second-order valence-electron chi connectivity index (χ2n) is 3.03. The molecule has 1 aliphatic rings. The average molecular weight is 203 g/mol. The molecule has 0 fully saturated rings. The van der Waals surface area contributed by atoms with Crippen molar-refractivity contribution in [3.8, 4) is 0 Å². The molecular weight excluding hydrogens is 194 g/mol. The number of anilines is 1. The number of hydrogen-bond donors (Lipinski definition) is 1. The van der Waals surface area contributed by atoms with Crippen LogP contribution in [0, 0.1) is 0 Å². The summed E-state index contributed by atoms with van der Waals surface area (Å²) in [6.07, 6.45) is 3.33. The third-order valence-corrected chi connectivity index (χ3v) is 1.98. The minimum atomic E-state index is -0.939. The van der Waals surface area contributed by atoms with E-state index in [0.717, 1.165) is 11.3 Å². The van der Waals surface area contributed by atoms with Gasteiger partial charge in [-0.15, -0.1) is 5.11 Å². The summed E-state index contributed by atoms with van der Waals surface area (Å²) < 4.78 is 0. The molecule has 5 heteroatoms. The zero-order valence-electron chi connectivity index (χ0n) is 7.87. The molecule has 1 aliphatic heterocycles. The van der Waals surface area contributed by atoms with Gasteiger partial charge in [0, 0.05) is 5.56 Å². The number of para-hydroxylation sites is 1. The van der Waals surface area contributed by atoms with Crippen molar-refractivity contribution in [2.45, 2.75) is 0 Å². The summed E-state index contributed by atoms with van der Waals surface area (Å²) in [7, 11) is 0. The maximum Gasteiger partial charge on any atom is 0.325 e. The maximum absolute atomic E-state index is 10.6. The molecule has 0 aromatic heterocycles. The Morgan fingerprint density at radius 2 is 2.20 bits per heavy atom. The van der Waals surface area contributed by atoms with Gasteiger partial charge in [0.2, 0.25) is 0 Å². The lowest BCUT2D eigenvalue weighted by molar-refractivity contribution is -0.135. The van der Waals surface area contributed by atoms with Crippen molar-refractivity contribution in [2.24, 2.45) is 10.3 Å². The number of carboxylic acid groups (broad SMARTS) is 1. The third-order valence-electron chi connectivity index (χ3n) is 1.98. The SMILES string of the molecule is O=C(O)CN1N=NC=Cc2ccccc21. The Balaban J connectivity index is 2.39.